The summed E-state index contributed by atoms with van der Waals surface area (Å²) in [6.45, 7) is 0.671. The first-order chi connectivity index (χ1) is 8.65. The molecule has 1 aliphatic heterocycles. The van der Waals surface area contributed by atoms with Gasteiger partial charge >= 0.3 is 11.9 Å². The Labute approximate surface area is 105 Å². The predicted molar refractivity (Wildman–Crippen MR) is 65.8 cm³/mol. The third kappa shape index (κ3) is 2.16. The molecular formula is C13H15NO4. The van der Waals surface area contributed by atoms with Crippen molar-refractivity contribution in [2.45, 2.75) is 18.9 Å². The van der Waals surface area contributed by atoms with Gasteiger partial charge in [-0.2, -0.15) is 0 Å². The molecule has 1 aliphatic rings. The number of benzene rings is 1. The Morgan fingerprint density at radius 2 is 2.11 bits per heavy atom. The number of methoxy groups -OCH3 is 1. The standard InChI is InChI=1S/C13H15NO4/c1-18-13(17)11-7-4-8-14(11)10-6-3-2-5-9(10)12(15)16/h2-3,5-6,11H,4,7-8H2,1H3,(H,15,16). The number of carbonyl (C=O) groups is 2. The topological polar surface area (TPSA) is 66.8 Å². The van der Waals surface area contributed by atoms with Crippen LogP contribution in [0.5, 0.6) is 0 Å². The lowest BCUT2D eigenvalue weighted by Crippen LogP contribution is -2.37. The number of carboxylic acid groups (broad SMARTS) is 1. The number of hydrogen-bond donors (Lipinski definition) is 1. The zero-order valence-electron chi connectivity index (χ0n) is 10.1. The Kier molecular flexibility index (Phi) is 3.50. The molecule has 1 unspecified atom stereocenters. The summed E-state index contributed by atoms with van der Waals surface area (Å²) in [4.78, 5) is 24.7. The van der Waals surface area contributed by atoms with Gasteiger partial charge in [0.1, 0.15) is 6.04 Å². The predicted octanol–water partition coefficient (Wildman–Crippen LogP) is 1.53. The maximum Gasteiger partial charge on any atom is 0.337 e. The van der Waals surface area contributed by atoms with Crippen molar-refractivity contribution in [1.29, 1.82) is 0 Å². The van der Waals surface area contributed by atoms with E-state index >= 15 is 0 Å². The van der Waals surface area contributed by atoms with Gasteiger partial charge in [0.15, 0.2) is 0 Å². The van der Waals surface area contributed by atoms with E-state index in [1.165, 1.54) is 7.11 Å². The van der Waals surface area contributed by atoms with Crippen LogP contribution in [0, 0.1) is 0 Å². The van der Waals surface area contributed by atoms with Gasteiger partial charge in [0.25, 0.3) is 0 Å². The Bertz CT molecular complexity index is 472. The Morgan fingerprint density at radius 1 is 1.39 bits per heavy atom. The Hall–Kier alpha value is -2.04. The van der Waals surface area contributed by atoms with Gasteiger partial charge < -0.3 is 14.7 Å². The van der Waals surface area contributed by atoms with Gasteiger partial charge in [-0.05, 0) is 25.0 Å². The van der Waals surface area contributed by atoms with Crippen LogP contribution in [0.3, 0.4) is 0 Å². The molecule has 0 aromatic heterocycles. The number of hydrogen-bond acceptors (Lipinski definition) is 4. The van der Waals surface area contributed by atoms with Crippen molar-refractivity contribution in [3.8, 4) is 0 Å². The summed E-state index contributed by atoms with van der Waals surface area (Å²) in [6.07, 6.45) is 1.55. The number of nitrogens with zero attached hydrogens (tertiary/aromatic N) is 1. The summed E-state index contributed by atoms with van der Waals surface area (Å²) in [5.74, 6) is -1.30. The highest BCUT2D eigenvalue weighted by molar-refractivity contribution is 5.95. The van der Waals surface area contributed by atoms with Gasteiger partial charge in [0, 0.05) is 6.54 Å². The molecule has 2 rings (SSSR count). The van der Waals surface area contributed by atoms with Crippen molar-refractivity contribution in [1.82, 2.24) is 0 Å². The second-order valence-electron chi connectivity index (χ2n) is 4.20. The van der Waals surface area contributed by atoms with Crippen molar-refractivity contribution >= 4 is 17.6 Å². The molecule has 0 spiro atoms. The molecule has 5 nitrogen and oxygen atoms in total. The minimum atomic E-state index is -0.985. The lowest BCUT2D eigenvalue weighted by Gasteiger charge is -2.26. The number of carboxylic acids is 1. The molecule has 5 heteroatoms. The first-order valence-electron chi connectivity index (χ1n) is 5.82. The lowest BCUT2D eigenvalue weighted by atomic mass is 10.1. The third-order valence-electron chi connectivity index (χ3n) is 3.17. The monoisotopic (exact) mass is 249 g/mol. The molecular weight excluding hydrogens is 234 g/mol. The second kappa shape index (κ2) is 5.08. The molecule has 1 fully saturated rings. The Balaban J connectivity index is 2.36. The molecule has 1 aromatic carbocycles. The van der Waals surface area contributed by atoms with Crippen LogP contribution in [0.2, 0.25) is 0 Å². The molecule has 18 heavy (non-hydrogen) atoms. The second-order valence-corrected chi connectivity index (χ2v) is 4.20. The molecule has 1 N–H and O–H groups in total. The van der Waals surface area contributed by atoms with Crippen LogP contribution >= 0.6 is 0 Å². The summed E-state index contributed by atoms with van der Waals surface area (Å²) < 4.78 is 4.76. The molecule has 0 bridgehead atoms. The fourth-order valence-electron chi connectivity index (χ4n) is 2.34. The number of rotatable bonds is 3. The molecule has 0 amide bonds. The Morgan fingerprint density at radius 3 is 2.78 bits per heavy atom. The van der Waals surface area contributed by atoms with Crippen LogP contribution in [0.25, 0.3) is 0 Å². The first-order valence-corrected chi connectivity index (χ1v) is 5.82. The van der Waals surface area contributed by atoms with Crippen molar-refractivity contribution in [3.63, 3.8) is 0 Å². The number of ether oxygens (including phenoxy) is 1. The van der Waals surface area contributed by atoms with Gasteiger partial charge in [0.2, 0.25) is 0 Å². The maximum atomic E-state index is 11.7. The van der Waals surface area contributed by atoms with Gasteiger partial charge in [-0.15, -0.1) is 0 Å². The minimum Gasteiger partial charge on any atom is -0.478 e. The van der Waals surface area contributed by atoms with E-state index in [1.807, 2.05) is 4.90 Å². The van der Waals surface area contributed by atoms with E-state index in [0.717, 1.165) is 6.42 Å². The van der Waals surface area contributed by atoms with E-state index < -0.39 is 5.97 Å². The number of anilines is 1. The maximum absolute atomic E-state index is 11.7. The molecule has 1 heterocycles. The van der Waals surface area contributed by atoms with Crippen molar-refractivity contribution in [2.75, 3.05) is 18.6 Å². The number of para-hydroxylation sites is 1. The van der Waals surface area contributed by atoms with E-state index in [0.29, 0.717) is 18.7 Å². The fourth-order valence-corrected chi connectivity index (χ4v) is 2.34. The van der Waals surface area contributed by atoms with Crippen molar-refractivity contribution in [3.05, 3.63) is 29.8 Å². The highest BCUT2D eigenvalue weighted by Crippen LogP contribution is 2.29. The average molecular weight is 249 g/mol. The van der Waals surface area contributed by atoms with Crippen LogP contribution in [-0.4, -0.2) is 36.7 Å². The normalized spacial score (nSPS) is 18.7. The van der Waals surface area contributed by atoms with Crippen LogP contribution in [-0.2, 0) is 9.53 Å². The van der Waals surface area contributed by atoms with E-state index in [2.05, 4.69) is 0 Å². The van der Waals surface area contributed by atoms with Gasteiger partial charge in [0.05, 0.1) is 18.4 Å². The molecule has 0 saturated carbocycles. The largest absolute Gasteiger partial charge is 0.478 e. The van der Waals surface area contributed by atoms with E-state index in [1.54, 1.807) is 24.3 Å². The zero-order valence-corrected chi connectivity index (χ0v) is 10.1. The van der Waals surface area contributed by atoms with E-state index in [-0.39, 0.29) is 17.6 Å². The summed E-state index contributed by atoms with van der Waals surface area (Å²) in [5, 5.41) is 9.17. The van der Waals surface area contributed by atoms with Gasteiger partial charge in [-0.25, -0.2) is 9.59 Å². The number of esters is 1. The molecule has 0 radical (unpaired) electrons. The first kappa shape index (κ1) is 12.4. The number of aromatic carboxylic acids is 1. The van der Waals surface area contributed by atoms with Gasteiger partial charge in [-0.1, -0.05) is 12.1 Å². The van der Waals surface area contributed by atoms with Crippen molar-refractivity contribution < 1.29 is 19.4 Å². The minimum absolute atomic E-state index is 0.216. The van der Waals surface area contributed by atoms with E-state index in [9.17, 15) is 9.59 Å². The molecule has 1 atom stereocenters. The summed E-state index contributed by atoms with van der Waals surface area (Å²) in [7, 11) is 1.35. The van der Waals surface area contributed by atoms with Crippen LogP contribution in [0.1, 0.15) is 23.2 Å². The van der Waals surface area contributed by atoms with Gasteiger partial charge in [-0.3, -0.25) is 0 Å². The van der Waals surface area contributed by atoms with E-state index in [4.69, 9.17) is 9.84 Å². The zero-order chi connectivity index (χ0) is 13.1. The highest BCUT2D eigenvalue weighted by atomic mass is 16.5. The lowest BCUT2D eigenvalue weighted by molar-refractivity contribution is -0.141. The van der Waals surface area contributed by atoms with Crippen LogP contribution in [0.15, 0.2) is 24.3 Å². The number of carbonyl (C=O) groups excluding carboxylic acids is 1. The molecule has 96 valence electrons. The fraction of sp³-hybridized carbons (Fsp3) is 0.385. The quantitative estimate of drug-likeness (QED) is 0.823. The highest BCUT2D eigenvalue weighted by Gasteiger charge is 2.33. The summed E-state index contributed by atoms with van der Waals surface area (Å²) in [5.41, 5.74) is 0.797. The average Bonchev–Trinajstić information content (AvgIpc) is 2.86. The van der Waals surface area contributed by atoms with Crippen molar-refractivity contribution in [2.24, 2.45) is 0 Å². The smallest absolute Gasteiger partial charge is 0.337 e. The van der Waals surface area contributed by atoms with Crippen LogP contribution < -0.4 is 4.90 Å². The SMILES string of the molecule is COC(=O)C1CCCN1c1ccccc1C(=O)O. The molecule has 0 aliphatic carbocycles. The molecule has 1 aromatic rings. The third-order valence-corrected chi connectivity index (χ3v) is 3.17. The summed E-state index contributed by atoms with van der Waals surface area (Å²) in [6, 6.07) is 6.34. The summed E-state index contributed by atoms with van der Waals surface area (Å²) >= 11 is 0. The van der Waals surface area contributed by atoms with Crippen LogP contribution in [0.4, 0.5) is 5.69 Å². The molecule has 1 saturated heterocycles.